The Morgan fingerprint density at radius 1 is 1.42 bits per heavy atom. The number of aromatic nitrogens is 1. The highest BCUT2D eigenvalue weighted by Gasteiger charge is 2.15. The largest absolute Gasteiger partial charge is 0.366 e. The van der Waals surface area contributed by atoms with Crippen LogP contribution in [0, 0.1) is 13.8 Å². The second kappa shape index (κ2) is 5.50. The van der Waals surface area contributed by atoms with Gasteiger partial charge in [0, 0.05) is 10.3 Å². The van der Waals surface area contributed by atoms with E-state index in [2.05, 4.69) is 10.3 Å². The van der Waals surface area contributed by atoms with Gasteiger partial charge in [0.1, 0.15) is 5.00 Å². The highest BCUT2D eigenvalue weighted by atomic mass is 32.1. The summed E-state index contributed by atoms with van der Waals surface area (Å²) in [5, 5.41) is 5.99. The lowest BCUT2D eigenvalue weighted by Crippen LogP contribution is -2.18. The molecule has 19 heavy (non-hydrogen) atoms. The molecule has 0 aromatic carbocycles. The molecule has 2 aromatic rings. The Kier molecular flexibility index (Phi) is 3.96. The molecule has 0 radical (unpaired) electrons. The molecule has 0 saturated carbocycles. The number of nitrogens with zero attached hydrogens (tertiary/aromatic N) is 1. The molecule has 2 heterocycles. The SMILES string of the molecule is Cc1cc(C(N)=O)c(NC(=O)Cc2csc(C)n2)s1. The van der Waals surface area contributed by atoms with Crippen molar-refractivity contribution >= 4 is 39.5 Å². The second-order valence-corrected chi connectivity index (χ2v) is 6.37. The van der Waals surface area contributed by atoms with Crippen molar-refractivity contribution in [1.29, 1.82) is 0 Å². The van der Waals surface area contributed by atoms with Crippen molar-refractivity contribution in [3.05, 3.63) is 32.6 Å². The first-order valence-corrected chi connectivity index (χ1v) is 7.26. The van der Waals surface area contributed by atoms with E-state index in [9.17, 15) is 9.59 Å². The monoisotopic (exact) mass is 295 g/mol. The number of hydrogen-bond acceptors (Lipinski definition) is 5. The highest BCUT2D eigenvalue weighted by Crippen LogP contribution is 2.27. The predicted molar refractivity (Wildman–Crippen MR) is 76.8 cm³/mol. The summed E-state index contributed by atoms with van der Waals surface area (Å²) in [6.07, 6.45) is 0.194. The van der Waals surface area contributed by atoms with Crippen LogP contribution in [0.1, 0.15) is 25.9 Å². The molecule has 2 aromatic heterocycles. The average molecular weight is 295 g/mol. The molecule has 0 aliphatic rings. The van der Waals surface area contributed by atoms with Crippen LogP contribution in [0.2, 0.25) is 0 Å². The van der Waals surface area contributed by atoms with Gasteiger partial charge >= 0.3 is 0 Å². The van der Waals surface area contributed by atoms with Crippen LogP contribution in [0.5, 0.6) is 0 Å². The van der Waals surface area contributed by atoms with Crippen molar-refractivity contribution in [1.82, 2.24) is 4.98 Å². The lowest BCUT2D eigenvalue weighted by Gasteiger charge is -2.02. The Hall–Kier alpha value is -1.73. The number of rotatable bonds is 4. The van der Waals surface area contributed by atoms with Crippen molar-refractivity contribution in [3.8, 4) is 0 Å². The van der Waals surface area contributed by atoms with Crippen molar-refractivity contribution in [2.45, 2.75) is 20.3 Å². The lowest BCUT2D eigenvalue weighted by atomic mass is 10.2. The molecule has 3 N–H and O–H groups in total. The zero-order chi connectivity index (χ0) is 14.0. The first-order chi connectivity index (χ1) is 8.95. The van der Waals surface area contributed by atoms with Gasteiger partial charge in [0.2, 0.25) is 5.91 Å². The summed E-state index contributed by atoms with van der Waals surface area (Å²) in [7, 11) is 0. The number of anilines is 1. The summed E-state index contributed by atoms with van der Waals surface area (Å²) in [5.41, 5.74) is 6.35. The molecule has 0 spiro atoms. The minimum Gasteiger partial charge on any atom is -0.366 e. The highest BCUT2D eigenvalue weighted by molar-refractivity contribution is 7.16. The minimum absolute atomic E-state index is 0.194. The third-order valence-corrected chi connectivity index (χ3v) is 4.17. The number of carbonyl (C=O) groups excluding carboxylic acids is 2. The van der Waals surface area contributed by atoms with E-state index < -0.39 is 5.91 Å². The number of nitrogens with two attached hydrogens (primary N) is 1. The van der Waals surface area contributed by atoms with Crippen LogP contribution in [0.25, 0.3) is 0 Å². The van der Waals surface area contributed by atoms with Gasteiger partial charge < -0.3 is 11.1 Å². The van der Waals surface area contributed by atoms with Gasteiger partial charge in [0.05, 0.1) is 22.7 Å². The summed E-state index contributed by atoms with van der Waals surface area (Å²) in [6.45, 7) is 3.75. The fraction of sp³-hybridized carbons (Fsp3) is 0.250. The average Bonchev–Trinajstić information content (AvgIpc) is 2.85. The fourth-order valence-electron chi connectivity index (χ4n) is 1.61. The maximum Gasteiger partial charge on any atom is 0.251 e. The lowest BCUT2D eigenvalue weighted by molar-refractivity contribution is -0.115. The summed E-state index contributed by atoms with van der Waals surface area (Å²) in [6, 6.07) is 1.68. The zero-order valence-electron chi connectivity index (χ0n) is 10.5. The molecule has 2 amide bonds. The molecule has 5 nitrogen and oxygen atoms in total. The second-order valence-electron chi connectivity index (χ2n) is 4.05. The van der Waals surface area contributed by atoms with Gasteiger partial charge in [-0.3, -0.25) is 9.59 Å². The molecule has 0 aliphatic heterocycles. The third-order valence-electron chi connectivity index (χ3n) is 2.38. The predicted octanol–water partition coefficient (Wildman–Crippen LogP) is 2.10. The first-order valence-electron chi connectivity index (χ1n) is 5.57. The van der Waals surface area contributed by atoms with Crippen molar-refractivity contribution < 1.29 is 9.59 Å². The Bertz CT molecular complexity index is 631. The van der Waals surface area contributed by atoms with E-state index in [0.717, 1.165) is 15.6 Å². The smallest absolute Gasteiger partial charge is 0.251 e. The van der Waals surface area contributed by atoms with Gasteiger partial charge in [-0.1, -0.05) is 0 Å². The number of thiazole rings is 1. The topological polar surface area (TPSA) is 85.1 Å². The number of thiophene rings is 1. The molecule has 0 aliphatic carbocycles. The van der Waals surface area contributed by atoms with E-state index in [1.54, 1.807) is 6.07 Å². The number of amides is 2. The van der Waals surface area contributed by atoms with E-state index in [0.29, 0.717) is 10.6 Å². The summed E-state index contributed by atoms with van der Waals surface area (Å²) >= 11 is 2.84. The number of primary amides is 1. The molecule has 7 heteroatoms. The van der Waals surface area contributed by atoms with E-state index in [1.165, 1.54) is 22.7 Å². The van der Waals surface area contributed by atoms with Crippen molar-refractivity contribution in [2.24, 2.45) is 5.73 Å². The van der Waals surface area contributed by atoms with E-state index in [1.807, 2.05) is 19.2 Å². The number of nitrogens with one attached hydrogen (secondary N) is 1. The van der Waals surface area contributed by atoms with E-state index >= 15 is 0 Å². The van der Waals surface area contributed by atoms with Crippen LogP contribution in [0.3, 0.4) is 0 Å². The maximum atomic E-state index is 11.9. The number of hydrogen-bond donors (Lipinski definition) is 2. The fourth-order valence-corrected chi connectivity index (χ4v) is 3.16. The van der Waals surface area contributed by atoms with Gasteiger partial charge in [0.15, 0.2) is 0 Å². The maximum absolute atomic E-state index is 11.9. The molecular formula is C12H13N3O2S2. The molecule has 2 rings (SSSR count). The van der Waals surface area contributed by atoms with Crippen LogP contribution in [0.4, 0.5) is 5.00 Å². The summed E-state index contributed by atoms with van der Waals surface area (Å²) in [4.78, 5) is 28.3. The Morgan fingerprint density at radius 3 is 2.74 bits per heavy atom. The molecule has 0 bridgehead atoms. The summed E-state index contributed by atoms with van der Waals surface area (Å²) < 4.78 is 0. The van der Waals surface area contributed by atoms with Gasteiger partial charge in [-0.25, -0.2) is 4.98 Å². The Labute approximate surface area is 118 Å². The Balaban J connectivity index is 2.08. The molecule has 0 unspecified atom stereocenters. The van der Waals surface area contributed by atoms with Crippen LogP contribution < -0.4 is 11.1 Å². The third kappa shape index (κ3) is 3.39. The van der Waals surface area contributed by atoms with E-state index in [4.69, 9.17) is 5.73 Å². The molecular weight excluding hydrogens is 282 g/mol. The number of aryl methyl sites for hydroxylation is 2. The molecule has 100 valence electrons. The van der Waals surface area contributed by atoms with Gasteiger partial charge in [-0.2, -0.15) is 0 Å². The number of carbonyl (C=O) groups is 2. The standard InChI is InChI=1S/C12H13N3O2S2/c1-6-3-9(11(13)17)12(19-6)15-10(16)4-8-5-18-7(2)14-8/h3,5H,4H2,1-2H3,(H2,13,17)(H,15,16). The minimum atomic E-state index is -0.538. The Morgan fingerprint density at radius 2 is 2.16 bits per heavy atom. The zero-order valence-corrected chi connectivity index (χ0v) is 12.2. The first kappa shape index (κ1) is 13.7. The van der Waals surface area contributed by atoms with Gasteiger partial charge in [0.25, 0.3) is 5.91 Å². The van der Waals surface area contributed by atoms with Gasteiger partial charge in [-0.15, -0.1) is 22.7 Å². The molecule has 0 atom stereocenters. The van der Waals surface area contributed by atoms with Crippen LogP contribution in [-0.4, -0.2) is 16.8 Å². The van der Waals surface area contributed by atoms with Crippen molar-refractivity contribution in [3.63, 3.8) is 0 Å². The molecule has 0 saturated heterocycles. The summed E-state index contributed by atoms with van der Waals surface area (Å²) in [5.74, 6) is -0.737. The van der Waals surface area contributed by atoms with E-state index in [-0.39, 0.29) is 12.3 Å². The van der Waals surface area contributed by atoms with Crippen LogP contribution in [0.15, 0.2) is 11.4 Å². The van der Waals surface area contributed by atoms with Crippen LogP contribution in [-0.2, 0) is 11.2 Å². The van der Waals surface area contributed by atoms with Gasteiger partial charge in [-0.05, 0) is 19.9 Å². The molecule has 0 fully saturated rings. The van der Waals surface area contributed by atoms with Crippen molar-refractivity contribution in [2.75, 3.05) is 5.32 Å². The van der Waals surface area contributed by atoms with Crippen LogP contribution >= 0.6 is 22.7 Å². The normalized spacial score (nSPS) is 10.4. The quantitative estimate of drug-likeness (QED) is 0.905.